The number of hydrogen-bond acceptors (Lipinski definition) is 4. The van der Waals surface area contributed by atoms with E-state index < -0.39 is 27.6 Å². The summed E-state index contributed by atoms with van der Waals surface area (Å²) in [6.07, 6.45) is 1.04. The van der Waals surface area contributed by atoms with Gasteiger partial charge in [-0.3, -0.25) is 0 Å². The van der Waals surface area contributed by atoms with Crippen molar-refractivity contribution in [2.45, 2.75) is 48.5 Å². The lowest BCUT2D eigenvalue weighted by Gasteiger charge is -2.42. The predicted octanol–water partition coefficient (Wildman–Crippen LogP) is 3.76. The van der Waals surface area contributed by atoms with E-state index in [2.05, 4.69) is 4.72 Å². The number of aryl methyl sites for hydroxylation is 1. The summed E-state index contributed by atoms with van der Waals surface area (Å²) in [7, 11) is -3.78. The van der Waals surface area contributed by atoms with Crippen molar-refractivity contribution in [2.75, 3.05) is 0 Å². The molecule has 2 N–H and O–H groups in total. The van der Waals surface area contributed by atoms with E-state index in [-0.39, 0.29) is 17.1 Å². The van der Waals surface area contributed by atoms with Crippen molar-refractivity contribution >= 4 is 10.0 Å². The van der Waals surface area contributed by atoms with Gasteiger partial charge in [0.15, 0.2) is 0 Å². The van der Waals surface area contributed by atoms with Crippen LogP contribution in [0.1, 0.15) is 29.5 Å². The molecule has 6 heteroatoms. The van der Waals surface area contributed by atoms with Crippen molar-refractivity contribution in [3.8, 4) is 0 Å². The highest BCUT2D eigenvalue weighted by atomic mass is 32.2. The molecule has 0 aliphatic carbocycles. The van der Waals surface area contributed by atoms with Crippen molar-refractivity contribution in [3.05, 3.63) is 102 Å². The summed E-state index contributed by atoms with van der Waals surface area (Å²) in [5.74, 6) is -0.466. The normalized spacial score (nSPS) is 25.2. The zero-order valence-electron chi connectivity index (χ0n) is 17.9. The van der Waals surface area contributed by atoms with Crippen LogP contribution in [0.15, 0.2) is 89.8 Å². The molecule has 2 aliphatic heterocycles. The van der Waals surface area contributed by atoms with Gasteiger partial charge in [-0.05, 0) is 43.0 Å². The molecule has 5 rings (SSSR count). The second-order valence-electron chi connectivity index (χ2n) is 8.77. The highest BCUT2D eigenvalue weighted by Crippen LogP contribution is 2.50. The van der Waals surface area contributed by atoms with Crippen molar-refractivity contribution in [1.29, 1.82) is 0 Å². The summed E-state index contributed by atoms with van der Waals surface area (Å²) < 4.78 is 35.7. The third-order valence-electron chi connectivity index (χ3n) is 6.81. The first kappa shape index (κ1) is 21.3. The summed E-state index contributed by atoms with van der Waals surface area (Å²) in [4.78, 5) is 0.215. The van der Waals surface area contributed by atoms with Crippen LogP contribution in [0, 0.1) is 12.8 Å². The molecule has 4 atom stereocenters. The highest BCUT2D eigenvalue weighted by Gasteiger charge is 2.59. The van der Waals surface area contributed by atoms with E-state index in [1.807, 2.05) is 67.6 Å². The van der Waals surface area contributed by atoms with Gasteiger partial charge in [0.25, 0.3) is 0 Å². The van der Waals surface area contributed by atoms with Gasteiger partial charge in [0, 0.05) is 5.92 Å². The van der Waals surface area contributed by atoms with Gasteiger partial charge in [-0.1, -0.05) is 78.4 Å². The zero-order valence-corrected chi connectivity index (χ0v) is 18.7. The van der Waals surface area contributed by atoms with Crippen LogP contribution >= 0.6 is 0 Å². The molecule has 3 aromatic carbocycles. The molecule has 0 unspecified atom stereocenters. The molecule has 2 heterocycles. The molecule has 2 fully saturated rings. The molecule has 0 spiro atoms. The van der Waals surface area contributed by atoms with E-state index in [1.54, 1.807) is 24.3 Å². The largest absolute Gasteiger partial charge is 0.380 e. The smallest absolute Gasteiger partial charge is 0.240 e. The summed E-state index contributed by atoms with van der Waals surface area (Å²) >= 11 is 0. The van der Waals surface area contributed by atoms with E-state index in [0.29, 0.717) is 0 Å². The molecule has 166 valence electrons. The zero-order chi connectivity index (χ0) is 22.3. The molecule has 3 aromatic rings. The minimum absolute atomic E-state index is 0.215. The molecule has 32 heavy (non-hydrogen) atoms. The topological polar surface area (TPSA) is 75.6 Å². The maximum absolute atomic E-state index is 13.3. The Hall–Kier alpha value is -2.51. The van der Waals surface area contributed by atoms with Gasteiger partial charge < -0.3 is 9.84 Å². The number of hydrogen-bond donors (Lipinski definition) is 2. The number of rotatable bonds is 6. The number of sulfonamides is 1. The third kappa shape index (κ3) is 3.57. The van der Waals surface area contributed by atoms with Crippen molar-refractivity contribution < 1.29 is 18.3 Å². The summed E-state index contributed by atoms with van der Waals surface area (Å²) in [6, 6.07) is 25.2. The molecule has 0 amide bonds. The second-order valence-corrected chi connectivity index (χ2v) is 10.5. The van der Waals surface area contributed by atoms with Gasteiger partial charge in [0.2, 0.25) is 10.0 Å². The molecule has 2 bridgehead atoms. The molecule has 0 saturated carbocycles. The van der Waals surface area contributed by atoms with Crippen molar-refractivity contribution in [3.63, 3.8) is 0 Å². The summed E-state index contributed by atoms with van der Waals surface area (Å²) in [5, 5.41) is 12.3. The van der Waals surface area contributed by atoms with Crippen LogP contribution in [0.4, 0.5) is 0 Å². The van der Waals surface area contributed by atoms with Crippen molar-refractivity contribution in [1.82, 2.24) is 4.72 Å². The second kappa shape index (κ2) is 8.12. The Morgan fingerprint density at radius 2 is 1.38 bits per heavy atom. The summed E-state index contributed by atoms with van der Waals surface area (Å²) in [6.45, 7) is 1.92. The summed E-state index contributed by atoms with van der Waals surface area (Å²) in [5.41, 5.74) is 1.05. The quantitative estimate of drug-likeness (QED) is 0.601. The van der Waals surface area contributed by atoms with Gasteiger partial charge in [0.1, 0.15) is 5.60 Å². The first-order valence-corrected chi connectivity index (χ1v) is 12.5. The first-order chi connectivity index (χ1) is 15.4. The van der Waals surface area contributed by atoms with Crippen LogP contribution in [0.3, 0.4) is 0 Å². The minimum Gasteiger partial charge on any atom is -0.380 e. The van der Waals surface area contributed by atoms with Gasteiger partial charge >= 0.3 is 0 Å². The lowest BCUT2D eigenvalue weighted by molar-refractivity contribution is -0.0232. The Morgan fingerprint density at radius 1 is 0.844 bits per heavy atom. The lowest BCUT2D eigenvalue weighted by atomic mass is 9.68. The van der Waals surface area contributed by atoms with Crippen LogP contribution in [0.2, 0.25) is 0 Å². The van der Waals surface area contributed by atoms with Gasteiger partial charge in [-0.2, -0.15) is 0 Å². The lowest BCUT2D eigenvalue weighted by Crippen LogP contribution is -2.55. The van der Waals surface area contributed by atoms with Crippen LogP contribution < -0.4 is 4.72 Å². The number of nitrogens with one attached hydrogen (secondary N) is 1. The number of aliphatic hydroxyl groups is 1. The van der Waals surface area contributed by atoms with E-state index >= 15 is 0 Å². The molecule has 2 aliphatic rings. The van der Waals surface area contributed by atoms with E-state index in [9.17, 15) is 13.5 Å². The average molecular weight is 450 g/mol. The fraction of sp³-hybridized carbons (Fsp3) is 0.308. The van der Waals surface area contributed by atoms with Gasteiger partial charge in [0.05, 0.1) is 23.1 Å². The molecule has 0 radical (unpaired) electrons. The standard InChI is InChI=1S/C26H27NO4S/c1-18-12-14-21(15-13-18)32(29,30)27-25-23-17-16-22(31-23)24(25)26(28,19-8-4-2-5-9-19)20-10-6-3-7-11-20/h2-15,22-25,27-28H,16-17H2,1H3/t22-,23+,24-,25+/m0/s1. The van der Waals surface area contributed by atoms with Crippen LogP contribution in [-0.4, -0.2) is 31.8 Å². The van der Waals surface area contributed by atoms with Crippen LogP contribution in [-0.2, 0) is 20.4 Å². The fourth-order valence-corrected chi connectivity index (χ4v) is 6.55. The van der Waals surface area contributed by atoms with Crippen LogP contribution in [0.5, 0.6) is 0 Å². The van der Waals surface area contributed by atoms with Gasteiger partial charge in [-0.15, -0.1) is 0 Å². The Balaban J connectivity index is 1.58. The van der Waals surface area contributed by atoms with Gasteiger partial charge in [-0.25, -0.2) is 13.1 Å². The Kier molecular flexibility index (Phi) is 5.42. The molecule has 5 nitrogen and oxygen atoms in total. The SMILES string of the molecule is Cc1ccc(S(=O)(=O)N[C@H]2[C@@H](C(O)(c3ccccc3)c3ccccc3)[C@@H]3CC[C@H]2O3)cc1. The Labute approximate surface area is 189 Å². The van der Waals surface area contributed by atoms with E-state index in [1.165, 1.54) is 0 Å². The Morgan fingerprint density at radius 3 is 1.94 bits per heavy atom. The molecular weight excluding hydrogens is 422 g/mol. The van der Waals surface area contributed by atoms with E-state index in [4.69, 9.17) is 4.74 Å². The van der Waals surface area contributed by atoms with Crippen molar-refractivity contribution in [2.24, 2.45) is 5.92 Å². The molecular formula is C26H27NO4S. The first-order valence-electron chi connectivity index (χ1n) is 11.0. The third-order valence-corrected chi connectivity index (χ3v) is 8.28. The maximum atomic E-state index is 13.3. The monoisotopic (exact) mass is 449 g/mol. The maximum Gasteiger partial charge on any atom is 0.240 e. The Bertz CT molecular complexity index is 1140. The minimum atomic E-state index is -3.78. The number of ether oxygens (including phenoxy) is 1. The highest BCUT2D eigenvalue weighted by molar-refractivity contribution is 7.89. The predicted molar refractivity (Wildman–Crippen MR) is 123 cm³/mol. The fourth-order valence-electron chi connectivity index (χ4n) is 5.26. The number of fused-ring (bicyclic) bond motifs is 2. The molecule has 2 saturated heterocycles. The van der Waals surface area contributed by atoms with E-state index in [0.717, 1.165) is 29.5 Å². The average Bonchev–Trinajstić information content (AvgIpc) is 3.42. The molecule has 0 aromatic heterocycles. The number of benzene rings is 3. The van der Waals surface area contributed by atoms with Crippen LogP contribution in [0.25, 0.3) is 0 Å².